The fourth-order valence-corrected chi connectivity index (χ4v) is 2.70. The molecule has 124 valence electrons. The summed E-state index contributed by atoms with van der Waals surface area (Å²) in [4.78, 5) is 23.6. The number of hydrogen-bond donors (Lipinski definition) is 1. The van der Waals surface area contributed by atoms with Crippen molar-refractivity contribution in [3.05, 3.63) is 24.3 Å². The second kappa shape index (κ2) is 8.73. The maximum absolute atomic E-state index is 12.1. The molecule has 22 heavy (non-hydrogen) atoms. The van der Waals surface area contributed by atoms with Crippen LogP contribution in [-0.2, 0) is 19.1 Å². The first-order valence-corrected chi connectivity index (χ1v) is 7.59. The molecule has 0 aromatic carbocycles. The molecule has 0 fully saturated rings. The second-order valence-electron chi connectivity index (χ2n) is 5.69. The molecule has 1 rings (SSSR count). The molecule has 1 amide bonds. The normalized spacial score (nSPS) is 25.2. The van der Waals surface area contributed by atoms with Crippen LogP contribution >= 0.6 is 0 Å². The van der Waals surface area contributed by atoms with Gasteiger partial charge in [-0.15, -0.1) is 6.58 Å². The minimum absolute atomic E-state index is 0.0173. The van der Waals surface area contributed by atoms with Gasteiger partial charge in [0.1, 0.15) is 0 Å². The van der Waals surface area contributed by atoms with Crippen molar-refractivity contribution in [2.45, 2.75) is 58.8 Å². The minimum atomic E-state index is -0.412. The third-order valence-electron chi connectivity index (χ3n) is 3.47. The Balaban J connectivity index is 3.03. The largest absolute Gasteiger partial charge is 0.463 e. The van der Waals surface area contributed by atoms with E-state index in [2.05, 4.69) is 11.9 Å². The quantitative estimate of drug-likeness (QED) is 0.579. The highest BCUT2D eigenvalue weighted by atomic mass is 16.5. The van der Waals surface area contributed by atoms with Crippen LogP contribution in [0.2, 0.25) is 0 Å². The molecule has 0 radical (unpaired) electrons. The number of rotatable bonds is 7. The van der Waals surface area contributed by atoms with E-state index in [1.54, 1.807) is 12.2 Å². The maximum atomic E-state index is 12.1. The van der Waals surface area contributed by atoms with Gasteiger partial charge in [-0.1, -0.05) is 6.08 Å². The van der Waals surface area contributed by atoms with Crippen LogP contribution in [0, 0.1) is 5.92 Å². The third kappa shape index (κ3) is 5.30. The molecule has 0 aromatic rings. The fraction of sp³-hybridized carbons (Fsp3) is 0.647. The zero-order valence-corrected chi connectivity index (χ0v) is 13.6. The van der Waals surface area contributed by atoms with Gasteiger partial charge < -0.3 is 14.8 Å². The average Bonchev–Trinajstić information content (AvgIpc) is 2.47. The lowest BCUT2D eigenvalue weighted by Crippen LogP contribution is -2.51. The molecular formula is C17H27NO4. The molecule has 0 aromatic heterocycles. The van der Waals surface area contributed by atoms with Crippen molar-refractivity contribution in [2.24, 2.45) is 5.92 Å². The Morgan fingerprint density at radius 1 is 1.59 bits per heavy atom. The molecule has 0 saturated heterocycles. The number of ether oxygens (including phenoxy) is 2. The van der Waals surface area contributed by atoms with Crippen LogP contribution in [0.1, 0.15) is 41.9 Å². The molecular weight excluding hydrogens is 282 g/mol. The summed E-state index contributed by atoms with van der Waals surface area (Å²) in [5, 5.41) is 2.94. The highest BCUT2D eigenvalue weighted by Crippen LogP contribution is 2.30. The Morgan fingerprint density at radius 2 is 2.32 bits per heavy atom. The molecule has 5 nitrogen and oxygen atoms in total. The Labute approximate surface area is 134 Å². The van der Waals surface area contributed by atoms with E-state index in [9.17, 15) is 9.59 Å². The molecule has 0 spiro atoms. The Kier molecular flexibility index (Phi) is 6.65. The number of esters is 1. The summed E-state index contributed by atoms with van der Waals surface area (Å²) in [6.07, 6.45) is 4.24. The maximum Gasteiger partial charge on any atom is 0.333 e. The van der Waals surface area contributed by atoms with Crippen molar-refractivity contribution >= 4 is 11.9 Å². The van der Waals surface area contributed by atoms with E-state index in [1.807, 2.05) is 13.8 Å². The van der Waals surface area contributed by atoms with E-state index < -0.39 is 12.1 Å². The molecule has 5 heteroatoms. The van der Waals surface area contributed by atoms with E-state index >= 15 is 0 Å². The van der Waals surface area contributed by atoms with Crippen molar-refractivity contribution in [1.29, 1.82) is 0 Å². The molecule has 0 bridgehead atoms. The number of hydrogen-bond acceptors (Lipinski definition) is 4. The zero-order valence-electron chi connectivity index (χ0n) is 14.6. The topological polar surface area (TPSA) is 64.6 Å². The zero-order chi connectivity index (χ0) is 17.4. The molecule has 3 atom stereocenters. The monoisotopic (exact) mass is 311 g/mol. The molecule has 1 aliphatic rings. The molecule has 1 aliphatic carbocycles. The second-order valence-corrected chi connectivity index (χ2v) is 5.69. The lowest BCUT2D eigenvalue weighted by molar-refractivity contribution is -0.139. The molecule has 0 unspecified atom stereocenters. The van der Waals surface area contributed by atoms with E-state index in [0.717, 1.165) is 0 Å². The van der Waals surface area contributed by atoms with E-state index in [4.69, 9.17) is 10.8 Å². The minimum Gasteiger partial charge on any atom is -0.463 e. The molecule has 0 aliphatic heterocycles. The Morgan fingerprint density at radius 3 is 2.86 bits per heavy atom. The predicted molar refractivity (Wildman–Crippen MR) is 85.3 cm³/mol. The first kappa shape index (κ1) is 16.7. The summed E-state index contributed by atoms with van der Waals surface area (Å²) in [5.41, 5.74) is 0.539. The van der Waals surface area contributed by atoms with Gasteiger partial charge in [-0.3, -0.25) is 4.79 Å². The SMILES string of the molecule is [3H]CCOC(=O)C1=C[C@@H](OC(C)C)[C@H](NC(C)=O)[C@@H](CC=C)C1. The van der Waals surface area contributed by atoms with E-state index in [1.165, 1.54) is 6.92 Å². The standard InChI is InChI=1S/C17H27NO4/c1-6-8-13-9-14(17(20)21-7-2)10-15(22-11(3)4)16(13)18-12(5)19/h6,10-11,13,15-16H,1,7-9H2,2-5H3,(H,18,19)/t13-,15+,16+/m0/s1/i2T. The van der Waals surface area contributed by atoms with Gasteiger partial charge in [0.05, 0.1) is 24.9 Å². The Bertz CT molecular complexity index is 462. The number of carbonyl (C=O) groups excluding carboxylic acids is 2. The lowest BCUT2D eigenvalue weighted by atomic mass is 9.80. The molecule has 1 N–H and O–H groups in total. The van der Waals surface area contributed by atoms with Gasteiger partial charge in [0, 0.05) is 13.9 Å². The summed E-state index contributed by atoms with van der Waals surface area (Å²) in [7, 11) is 0. The highest BCUT2D eigenvalue weighted by Gasteiger charge is 2.36. The van der Waals surface area contributed by atoms with Gasteiger partial charge in [0.2, 0.25) is 5.91 Å². The van der Waals surface area contributed by atoms with Crippen LogP contribution in [0.3, 0.4) is 0 Å². The van der Waals surface area contributed by atoms with Crippen molar-refractivity contribution in [3.63, 3.8) is 0 Å². The summed E-state index contributed by atoms with van der Waals surface area (Å²) in [6.45, 7) is 9.17. The number of allylic oxidation sites excluding steroid dienone is 1. The van der Waals surface area contributed by atoms with Crippen molar-refractivity contribution in [1.82, 2.24) is 5.32 Å². The number of nitrogens with one attached hydrogen (secondary N) is 1. The first-order valence-electron chi connectivity index (χ1n) is 8.30. The molecule has 0 saturated carbocycles. The van der Waals surface area contributed by atoms with Crippen LogP contribution < -0.4 is 5.32 Å². The van der Waals surface area contributed by atoms with Gasteiger partial charge >= 0.3 is 5.97 Å². The van der Waals surface area contributed by atoms with Crippen LogP contribution in [-0.4, -0.2) is 36.7 Å². The third-order valence-corrected chi connectivity index (χ3v) is 3.47. The van der Waals surface area contributed by atoms with Gasteiger partial charge in [0.25, 0.3) is 0 Å². The Hall–Kier alpha value is -1.62. The van der Waals surface area contributed by atoms with Crippen LogP contribution in [0.25, 0.3) is 0 Å². The van der Waals surface area contributed by atoms with Crippen molar-refractivity contribution in [2.75, 3.05) is 6.61 Å². The summed E-state index contributed by atoms with van der Waals surface area (Å²) >= 11 is 0. The van der Waals surface area contributed by atoms with Gasteiger partial charge in [-0.25, -0.2) is 4.79 Å². The van der Waals surface area contributed by atoms with Crippen LogP contribution in [0.15, 0.2) is 24.3 Å². The first-order chi connectivity index (χ1) is 10.9. The van der Waals surface area contributed by atoms with Crippen LogP contribution in [0.4, 0.5) is 0 Å². The predicted octanol–water partition coefficient (Wildman–Crippen LogP) is 2.37. The molecule has 0 heterocycles. The lowest BCUT2D eigenvalue weighted by Gasteiger charge is -2.37. The smallest absolute Gasteiger partial charge is 0.333 e. The van der Waals surface area contributed by atoms with E-state index in [-0.39, 0.29) is 37.5 Å². The van der Waals surface area contributed by atoms with Crippen LogP contribution in [0.5, 0.6) is 0 Å². The fourth-order valence-electron chi connectivity index (χ4n) is 2.70. The summed E-state index contributed by atoms with van der Waals surface area (Å²) in [5.74, 6) is -0.524. The highest BCUT2D eigenvalue weighted by molar-refractivity contribution is 5.89. The summed E-state index contributed by atoms with van der Waals surface area (Å²) < 4.78 is 18.0. The van der Waals surface area contributed by atoms with Gasteiger partial charge in [-0.05, 0) is 45.6 Å². The van der Waals surface area contributed by atoms with Gasteiger partial charge in [0.15, 0.2) is 0 Å². The van der Waals surface area contributed by atoms with E-state index in [0.29, 0.717) is 18.4 Å². The van der Waals surface area contributed by atoms with Crippen molar-refractivity contribution in [3.8, 4) is 0 Å². The average molecular weight is 311 g/mol. The number of amides is 1. The van der Waals surface area contributed by atoms with Crippen molar-refractivity contribution < 1.29 is 20.4 Å². The number of carbonyl (C=O) groups is 2. The van der Waals surface area contributed by atoms with Gasteiger partial charge in [-0.2, -0.15) is 0 Å². The summed E-state index contributed by atoms with van der Waals surface area (Å²) in [6, 6.07) is -0.208.